The highest BCUT2D eigenvalue weighted by atomic mass is 15.3. The quantitative estimate of drug-likeness (QED) is 0.343. The summed E-state index contributed by atoms with van der Waals surface area (Å²) in [6, 6.07) is 0. The molecule has 0 atom stereocenters. The molecule has 0 aliphatic heterocycles. The third-order valence-corrected chi connectivity index (χ3v) is 1.17. The van der Waals surface area contributed by atoms with Gasteiger partial charge < -0.3 is 11.2 Å². The van der Waals surface area contributed by atoms with Gasteiger partial charge in [-0.15, -0.1) is 0 Å². The largest absolute Gasteiger partial charge is 0.386 e. The Morgan fingerprint density at radius 3 is 2.70 bits per heavy atom. The first-order chi connectivity index (χ1) is 4.81. The van der Waals surface area contributed by atoms with Crippen molar-refractivity contribution in [2.45, 2.75) is 33.1 Å². The molecule has 0 radical (unpaired) electrons. The summed E-state index contributed by atoms with van der Waals surface area (Å²) in [5, 5.41) is 3.92. The van der Waals surface area contributed by atoms with E-state index in [1.807, 2.05) is 6.92 Å². The molecule has 0 rings (SSSR count). The van der Waals surface area contributed by atoms with Crippen LogP contribution in [-0.2, 0) is 0 Å². The molecule has 0 fully saturated rings. The summed E-state index contributed by atoms with van der Waals surface area (Å²) < 4.78 is 0. The summed E-state index contributed by atoms with van der Waals surface area (Å²) in [6.45, 7) is 4.98. The van der Waals surface area contributed by atoms with E-state index in [0.29, 0.717) is 5.84 Å². The molecule has 0 aliphatic carbocycles. The topological polar surface area (TPSA) is 50.4 Å². The number of nitrogens with one attached hydrogen (secondary N) is 1. The lowest BCUT2D eigenvalue weighted by molar-refractivity contribution is 0.761. The number of hydrogen-bond acceptors (Lipinski definition) is 2. The second-order valence-corrected chi connectivity index (χ2v) is 2.22. The average molecular weight is 143 g/mol. The molecule has 0 aromatic rings. The molecule has 0 spiro atoms. The van der Waals surface area contributed by atoms with Gasteiger partial charge >= 0.3 is 0 Å². The fourth-order valence-electron chi connectivity index (χ4n) is 0.594. The number of unbranched alkanes of at least 4 members (excludes halogenated alkanes) is 1. The van der Waals surface area contributed by atoms with E-state index in [9.17, 15) is 0 Å². The molecule has 0 heterocycles. The van der Waals surface area contributed by atoms with Gasteiger partial charge in [0.25, 0.3) is 0 Å². The van der Waals surface area contributed by atoms with Crippen LogP contribution >= 0.6 is 0 Å². The number of nitrogens with two attached hydrogens (primary N) is 1. The standard InChI is InChI=1S/C7H17N3/c1-3-5-6-7(8)10-9-4-2/h9H,3-6H2,1-2H3,(H2,8,10). The maximum Gasteiger partial charge on any atom is 0.119 e. The Hall–Kier alpha value is -0.730. The monoisotopic (exact) mass is 143 g/mol. The zero-order valence-corrected chi connectivity index (χ0v) is 6.85. The fraction of sp³-hybridized carbons (Fsp3) is 0.857. The van der Waals surface area contributed by atoms with Gasteiger partial charge in [0, 0.05) is 13.0 Å². The minimum Gasteiger partial charge on any atom is -0.386 e. The average Bonchev–Trinajstić information content (AvgIpc) is 1.97. The zero-order chi connectivity index (χ0) is 7.82. The minimum absolute atomic E-state index is 0.712. The van der Waals surface area contributed by atoms with Crippen molar-refractivity contribution >= 4 is 5.84 Å². The molecule has 0 bridgehead atoms. The van der Waals surface area contributed by atoms with Crippen LogP contribution in [0, 0.1) is 0 Å². The maximum absolute atomic E-state index is 5.53. The molecule has 60 valence electrons. The lowest BCUT2D eigenvalue weighted by Gasteiger charge is -1.98. The number of hydrogen-bond donors (Lipinski definition) is 2. The van der Waals surface area contributed by atoms with Crippen molar-refractivity contribution in [3.63, 3.8) is 0 Å². The molecule has 0 aliphatic rings. The van der Waals surface area contributed by atoms with Gasteiger partial charge in [0.2, 0.25) is 0 Å². The number of rotatable bonds is 5. The van der Waals surface area contributed by atoms with Gasteiger partial charge in [0.1, 0.15) is 5.84 Å². The zero-order valence-electron chi connectivity index (χ0n) is 6.85. The summed E-state index contributed by atoms with van der Waals surface area (Å²) in [7, 11) is 0. The van der Waals surface area contributed by atoms with E-state index < -0.39 is 0 Å². The SMILES string of the molecule is CCCCC(N)=NNCC. The van der Waals surface area contributed by atoms with E-state index in [0.717, 1.165) is 19.4 Å². The van der Waals surface area contributed by atoms with Gasteiger partial charge in [-0.05, 0) is 13.3 Å². The third kappa shape index (κ3) is 5.41. The smallest absolute Gasteiger partial charge is 0.119 e. The van der Waals surface area contributed by atoms with Gasteiger partial charge in [0.15, 0.2) is 0 Å². The number of amidine groups is 1. The molecular formula is C7H17N3. The number of hydrazone groups is 1. The summed E-state index contributed by atoms with van der Waals surface area (Å²) in [5.41, 5.74) is 8.35. The molecule has 3 heteroatoms. The van der Waals surface area contributed by atoms with Crippen LogP contribution in [0.1, 0.15) is 33.1 Å². The molecule has 0 aromatic carbocycles. The van der Waals surface area contributed by atoms with Crippen molar-refractivity contribution in [1.29, 1.82) is 0 Å². The summed E-state index contributed by atoms with van der Waals surface area (Å²) in [6.07, 6.45) is 3.20. The first-order valence-electron chi connectivity index (χ1n) is 3.86. The van der Waals surface area contributed by atoms with Crippen LogP contribution in [0.25, 0.3) is 0 Å². The van der Waals surface area contributed by atoms with Gasteiger partial charge in [-0.1, -0.05) is 13.3 Å². The lowest BCUT2D eigenvalue weighted by Crippen LogP contribution is -2.17. The first-order valence-corrected chi connectivity index (χ1v) is 3.86. The van der Waals surface area contributed by atoms with E-state index in [1.165, 1.54) is 6.42 Å². The highest BCUT2D eigenvalue weighted by Gasteiger charge is 1.88. The maximum atomic E-state index is 5.53. The van der Waals surface area contributed by atoms with E-state index >= 15 is 0 Å². The first kappa shape index (κ1) is 9.27. The van der Waals surface area contributed by atoms with Crippen molar-refractivity contribution < 1.29 is 0 Å². The molecule has 0 amide bonds. The van der Waals surface area contributed by atoms with Crippen molar-refractivity contribution in [2.75, 3.05) is 6.54 Å². The highest BCUT2D eigenvalue weighted by Crippen LogP contribution is 1.91. The van der Waals surface area contributed by atoms with E-state index in [1.54, 1.807) is 0 Å². The predicted octanol–water partition coefficient (Wildman–Crippen LogP) is 1.06. The van der Waals surface area contributed by atoms with Crippen molar-refractivity contribution in [1.82, 2.24) is 5.43 Å². The molecule has 0 aromatic heterocycles. The fourth-order valence-corrected chi connectivity index (χ4v) is 0.594. The van der Waals surface area contributed by atoms with Crippen LogP contribution < -0.4 is 11.2 Å². The molecule has 0 unspecified atom stereocenters. The van der Waals surface area contributed by atoms with Gasteiger partial charge in [-0.2, -0.15) is 5.10 Å². The Balaban J connectivity index is 3.30. The van der Waals surface area contributed by atoms with Gasteiger partial charge in [-0.25, -0.2) is 0 Å². The lowest BCUT2D eigenvalue weighted by atomic mass is 10.2. The second kappa shape index (κ2) is 6.39. The normalized spacial score (nSPS) is 11.6. The van der Waals surface area contributed by atoms with Crippen LogP contribution in [-0.4, -0.2) is 12.4 Å². The summed E-state index contributed by atoms with van der Waals surface area (Å²) in [5.74, 6) is 0.712. The van der Waals surface area contributed by atoms with Crippen LogP contribution in [0.3, 0.4) is 0 Å². The predicted molar refractivity (Wildman–Crippen MR) is 44.8 cm³/mol. The van der Waals surface area contributed by atoms with E-state index in [4.69, 9.17) is 5.73 Å². The molecule has 3 N–H and O–H groups in total. The molecule has 10 heavy (non-hydrogen) atoms. The van der Waals surface area contributed by atoms with Crippen molar-refractivity contribution in [3.05, 3.63) is 0 Å². The van der Waals surface area contributed by atoms with Crippen LogP contribution in [0.15, 0.2) is 5.10 Å². The van der Waals surface area contributed by atoms with Crippen LogP contribution in [0.5, 0.6) is 0 Å². The Morgan fingerprint density at radius 2 is 2.20 bits per heavy atom. The minimum atomic E-state index is 0.712. The Bertz CT molecular complexity index is 99.0. The van der Waals surface area contributed by atoms with E-state index in [2.05, 4.69) is 17.5 Å². The third-order valence-electron chi connectivity index (χ3n) is 1.17. The van der Waals surface area contributed by atoms with E-state index in [-0.39, 0.29) is 0 Å². The van der Waals surface area contributed by atoms with Crippen molar-refractivity contribution in [3.8, 4) is 0 Å². The van der Waals surface area contributed by atoms with Crippen molar-refractivity contribution in [2.24, 2.45) is 10.8 Å². The van der Waals surface area contributed by atoms with Gasteiger partial charge in [-0.3, -0.25) is 0 Å². The Kier molecular flexibility index (Phi) is 5.92. The molecule has 0 saturated carbocycles. The van der Waals surface area contributed by atoms with Gasteiger partial charge in [0.05, 0.1) is 0 Å². The molecule has 3 nitrogen and oxygen atoms in total. The summed E-state index contributed by atoms with van der Waals surface area (Å²) in [4.78, 5) is 0. The van der Waals surface area contributed by atoms with Crippen LogP contribution in [0.4, 0.5) is 0 Å². The molecule has 0 saturated heterocycles. The molecular weight excluding hydrogens is 126 g/mol. The highest BCUT2D eigenvalue weighted by molar-refractivity contribution is 5.79. The second-order valence-electron chi connectivity index (χ2n) is 2.22. The Labute approximate surface area is 62.7 Å². The number of nitrogens with zero attached hydrogens (tertiary/aromatic N) is 1. The summed E-state index contributed by atoms with van der Waals surface area (Å²) >= 11 is 0. The Morgan fingerprint density at radius 1 is 1.50 bits per heavy atom. The van der Waals surface area contributed by atoms with Crippen LogP contribution in [0.2, 0.25) is 0 Å².